The van der Waals surface area contributed by atoms with E-state index in [1.807, 2.05) is 19.1 Å². The fraction of sp³-hybridized carbons (Fsp3) is 0.480. The number of unbranched alkanes of at least 4 members (excludes halogenated alkanes) is 4. The van der Waals surface area contributed by atoms with Crippen LogP contribution in [-0.2, 0) is 14.9 Å². The zero-order valence-corrected chi connectivity index (χ0v) is 19.2. The highest BCUT2D eigenvalue weighted by molar-refractivity contribution is 14.1. The van der Waals surface area contributed by atoms with E-state index in [1.165, 1.54) is 36.8 Å². The van der Waals surface area contributed by atoms with E-state index >= 15 is 0 Å². The molecule has 0 aliphatic heterocycles. The number of hydrogen-bond donors (Lipinski definition) is 0. The van der Waals surface area contributed by atoms with Crippen molar-refractivity contribution in [2.75, 3.05) is 13.2 Å². The van der Waals surface area contributed by atoms with Crippen LogP contribution >= 0.6 is 22.6 Å². The van der Waals surface area contributed by atoms with Crippen molar-refractivity contribution in [2.24, 2.45) is 0 Å². The number of hydrogen-bond acceptors (Lipinski definition) is 2. The van der Waals surface area contributed by atoms with Crippen molar-refractivity contribution in [2.45, 2.75) is 61.7 Å². The Labute approximate surface area is 183 Å². The summed E-state index contributed by atoms with van der Waals surface area (Å²) in [5, 5.41) is 0. The van der Waals surface area contributed by atoms with E-state index in [-0.39, 0.29) is 3.92 Å². The van der Waals surface area contributed by atoms with Gasteiger partial charge in [0.1, 0.15) is 5.41 Å². The van der Waals surface area contributed by atoms with Crippen LogP contribution in [0.2, 0.25) is 0 Å². The number of Topliss-reactive ketones (excluding diaryl/α,β-unsaturated/α-hetero) is 1. The number of fused-ring (bicyclic) bond motifs is 3. The van der Waals surface area contributed by atoms with Gasteiger partial charge >= 0.3 is 0 Å². The third kappa shape index (κ3) is 4.06. The molecule has 0 saturated carbocycles. The van der Waals surface area contributed by atoms with Gasteiger partial charge in [-0.3, -0.25) is 4.79 Å². The maximum atomic E-state index is 13.9. The van der Waals surface area contributed by atoms with Gasteiger partial charge in [0, 0.05) is 6.61 Å². The minimum atomic E-state index is -0.682. The number of halogens is 1. The van der Waals surface area contributed by atoms with Gasteiger partial charge in [-0.05, 0) is 35.6 Å². The largest absolute Gasteiger partial charge is 0.380 e. The van der Waals surface area contributed by atoms with Crippen LogP contribution in [0.1, 0.15) is 63.5 Å². The van der Waals surface area contributed by atoms with Crippen molar-refractivity contribution in [3.05, 3.63) is 59.7 Å². The van der Waals surface area contributed by atoms with Crippen LogP contribution < -0.4 is 0 Å². The summed E-state index contributed by atoms with van der Waals surface area (Å²) < 4.78 is 5.94. The summed E-state index contributed by atoms with van der Waals surface area (Å²) in [5.41, 5.74) is 3.90. The molecule has 0 heterocycles. The minimum Gasteiger partial charge on any atom is -0.380 e. The van der Waals surface area contributed by atoms with Crippen LogP contribution in [0.3, 0.4) is 0 Å². The van der Waals surface area contributed by atoms with Gasteiger partial charge in [0.05, 0.1) is 10.5 Å². The predicted octanol–water partition coefficient (Wildman–Crippen LogP) is 6.72. The number of alkyl halides is 1. The lowest BCUT2D eigenvalue weighted by Crippen LogP contribution is -2.44. The summed E-state index contributed by atoms with van der Waals surface area (Å²) in [6.07, 6.45) is 7.08. The molecule has 1 aliphatic carbocycles. The van der Waals surface area contributed by atoms with Crippen LogP contribution in [0.15, 0.2) is 48.5 Å². The molecule has 3 heteroatoms. The third-order valence-electron chi connectivity index (χ3n) is 5.85. The lowest BCUT2D eigenvalue weighted by atomic mass is 9.73. The molecular formula is C25H31IO2. The molecule has 2 nitrogen and oxygen atoms in total. The predicted molar refractivity (Wildman–Crippen MR) is 125 cm³/mol. The molecule has 150 valence electrons. The van der Waals surface area contributed by atoms with Crippen LogP contribution in [-0.4, -0.2) is 22.9 Å². The van der Waals surface area contributed by atoms with E-state index in [9.17, 15) is 4.79 Å². The van der Waals surface area contributed by atoms with Gasteiger partial charge in [-0.1, -0.05) is 110 Å². The molecular weight excluding hydrogens is 459 g/mol. The standard InChI is InChI=1S/C25H31IO2/c1-3-5-6-7-8-17-23(26)24(27)25(18-28-4-2)21-15-11-9-13-19(21)20-14-10-12-16-22(20)25/h9-16,23H,3-8,17-18H2,1-2H3. The van der Waals surface area contributed by atoms with Gasteiger partial charge in [0.15, 0.2) is 5.78 Å². The number of carbonyl (C=O) groups is 1. The molecule has 1 aliphatic rings. The normalized spacial score (nSPS) is 15.1. The van der Waals surface area contributed by atoms with Crippen molar-refractivity contribution < 1.29 is 9.53 Å². The summed E-state index contributed by atoms with van der Waals surface area (Å²) in [7, 11) is 0. The molecule has 0 amide bonds. The summed E-state index contributed by atoms with van der Waals surface area (Å²) in [4.78, 5) is 13.9. The Bertz CT molecular complexity index is 753. The maximum absolute atomic E-state index is 13.9. The van der Waals surface area contributed by atoms with E-state index in [0.29, 0.717) is 19.0 Å². The Morgan fingerprint density at radius 1 is 0.929 bits per heavy atom. The van der Waals surface area contributed by atoms with Gasteiger partial charge in [-0.25, -0.2) is 0 Å². The lowest BCUT2D eigenvalue weighted by Gasteiger charge is -2.32. The van der Waals surface area contributed by atoms with Gasteiger partial charge in [0.2, 0.25) is 0 Å². The van der Waals surface area contributed by atoms with Gasteiger partial charge in [-0.2, -0.15) is 0 Å². The number of benzene rings is 2. The minimum absolute atomic E-state index is 0.00102. The summed E-state index contributed by atoms with van der Waals surface area (Å²) in [5.74, 6) is 0.300. The second-order valence-electron chi connectivity index (χ2n) is 7.67. The Hall–Kier alpha value is -1.20. The molecule has 0 fully saturated rings. The summed E-state index contributed by atoms with van der Waals surface area (Å²) in [6, 6.07) is 16.7. The van der Waals surface area contributed by atoms with Crippen LogP contribution in [0.4, 0.5) is 0 Å². The average molecular weight is 490 g/mol. The van der Waals surface area contributed by atoms with Crippen molar-refractivity contribution in [3.63, 3.8) is 0 Å². The monoisotopic (exact) mass is 490 g/mol. The van der Waals surface area contributed by atoms with Crippen LogP contribution in [0.25, 0.3) is 11.1 Å². The molecule has 0 radical (unpaired) electrons. The number of carbonyl (C=O) groups excluding carboxylic acids is 1. The van der Waals surface area contributed by atoms with Crippen molar-refractivity contribution in [1.82, 2.24) is 0 Å². The van der Waals surface area contributed by atoms with Crippen molar-refractivity contribution in [1.29, 1.82) is 0 Å². The van der Waals surface area contributed by atoms with E-state index in [0.717, 1.165) is 24.0 Å². The third-order valence-corrected chi connectivity index (χ3v) is 7.04. The van der Waals surface area contributed by atoms with E-state index in [2.05, 4.69) is 65.9 Å². The maximum Gasteiger partial charge on any atom is 0.162 e. The Morgan fingerprint density at radius 3 is 2.07 bits per heavy atom. The van der Waals surface area contributed by atoms with Gasteiger partial charge in [-0.15, -0.1) is 0 Å². The highest BCUT2D eigenvalue weighted by Crippen LogP contribution is 2.50. The summed E-state index contributed by atoms with van der Waals surface area (Å²) >= 11 is 2.37. The Morgan fingerprint density at radius 2 is 1.50 bits per heavy atom. The van der Waals surface area contributed by atoms with Crippen LogP contribution in [0.5, 0.6) is 0 Å². The molecule has 0 N–H and O–H groups in total. The summed E-state index contributed by atoms with van der Waals surface area (Å²) in [6.45, 7) is 5.27. The van der Waals surface area contributed by atoms with Crippen LogP contribution in [0, 0.1) is 0 Å². The molecule has 2 aromatic carbocycles. The molecule has 2 aromatic rings. The second kappa shape index (κ2) is 10.0. The second-order valence-corrected chi connectivity index (χ2v) is 9.17. The first-order chi connectivity index (χ1) is 13.7. The highest BCUT2D eigenvalue weighted by atomic mass is 127. The average Bonchev–Trinajstić information content (AvgIpc) is 3.02. The Balaban J connectivity index is 1.94. The molecule has 28 heavy (non-hydrogen) atoms. The molecule has 3 rings (SSSR count). The lowest BCUT2D eigenvalue weighted by molar-refractivity contribution is -0.124. The van der Waals surface area contributed by atoms with E-state index in [4.69, 9.17) is 4.74 Å². The number of ketones is 1. The smallest absolute Gasteiger partial charge is 0.162 e. The fourth-order valence-electron chi connectivity index (χ4n) is 4.40. The molecule has 0 spiro atoms. The quantitative estimate of drug-likeness (QED) is 0.199. The molecule has 1 unspecified atom stereocenters. The topological polar surface area (TPSA) is 26.3 Å². The van der Waals surface area contributed by atoms with Gasteiger partial charge in [0.25, 0.3) is 0 Å². The first kappa shape index (κ1) is 21.5. The molecule has 0 bridgehead atoms. The number of rotatable bonds is 11. The first-order valence-corrected chi connectivity index (χ1v) is 11.9. The zero-order valence-electron chi connectivity index (χ0n) is 17.0. The Kier molecular flexibility index (Phi) is 7.69. The fourth-order valence-corrected chi connectivity index (χ4v) is 5.37. The van der Waals surface area contributed by atoms with E-state index < -0.39 is 5.41 Å². The SMILES string of the molecule is CCCCCCCC(I)C(=O)C1(COCC)c2ccccc2-c2ccccc21. The highest BCUT2D eigenvalue weighted by Gasteiger charge is 2.50. The van der Waals surface area contributed by atoms with Crippen molar-refractivity contribution >= 4 is 28.4 Å². The van der Waals surface area contributed by atoms with Gasteiger partial charge < -0.3 is 4.74 Å². The van der Waals surface area contributed by atoms with Crippen molar-refractivity contribution in [3.8, 4) is 11.1 Å². The molecule has 0 saturated heterocycles. The molecule has 0 aromatic heterocycles. The van der Waals surface area contributed by atoms with E-state index in [1.54, 1.807) is 0 Å². The first-order valence-electron chi connectivity index (χ1n) is 10.6. The zero-order chi connectivity index (χ0) is 20.0. The molecule has 1 atom stereocenters. The number of ether oxygens (including phenoxy) is 1.